The van der Waals surface area contributed by atoms with E-state index in [1.165, 1.54) is 30.3 Å². The summed E-state index contributed by atoms with van der Waals surface area (Å²) >= 11 is 0. The van der Waals surface area contributed by atoms with Crippen molar-refractivity contribution >= 4 is 23.3 Å². The minimum absolute atomic E-state index is 0.161. The van der Waals surface area contributed by atoms with E-state index in [0.29, 0.717) is 6.07 Å². The van der Waals surface area contributed by atoms with E-state index >= 15 is 0 Å². The lowest BCUT2D eigenvalue weighted by Gasteiger charge is -2.30. The van der Waals surface area contributed by atoms with Gasteiger partial charge in [0.15, 0.2) is 0 Å². The minimum Gasteiger partial charge on any atom is -0.359 e. The van der Waals surface area contributed by atoms with Gasteiger partial charge in [-0.05, 0) is 36.4 Å². The van der Waals surface area contributed by atoms with Crippen LogP contribution in [0.5, 0.6) is 0 Å². The van der Waals surface area contributed by atoms with Gasteiger partial charge in [-0.25, -0.2) is 9.69 Å². The van der Waals surface area contributed by atoms with Crippen molar-refractivity contribution in [2.45, 2.75) is 11.9 Å². The van der Waals surface area contributed by atoms with Gasteiger partial charge < -0.3 is 5.11 Å². The van der Waals surface area contributed by atoms with E-state index in [1.807, 2.05) is 0 Å². The highest BCUT2D eigenvalue weighted by molar-refractivity contribution is 6.29. The van der Waals surface area contributed by atoms with Crippen molar-refractivity contribution in [3.8, 4) is 0 Å². The Morgan fingerprint density at radius 1 is 0.767 bits per heavy atom. The van der Waals surface area contributed by atoms with Crippen LogP contribution in [0.25, 0.3) is 0 Å². The highest BCUT2D eigenvalue weighted by Crippen LogP contribution is 2.42. The molecule has 0 aromatic heterocycles. The first-order valence-electron chi connectivity index (χ1n) is 8.93. The number of anilines is 2. The van der Waals surface area contributed by atoms with Crippen molar-refractivity contribution in [2.75, 3.05) is 9.80 Å². The Hall–Kier alpha value is -3.65. The molecule has 3 aromatic rings. The molecule has 8 heteroatoms. The molecule has 0 radical (unpaired) electrons. The summed E-state index contributed by atoms with van der Waals surface area (Å²) in [6, 6.07) is 18.6. The number of aliphatic hydroxyl groups is 1. The maximum absolute atomic E-state index is 13.3. The van der Waals surface area contributed by atoms with Crippen LogP contribution in [-0.2, 0) is 16.7 Å². The maximum Gasteiger partial charge on any atom is 0.416 e. The number of hydrogen-bond acceptors (Lipinski definition) is 3. The molecule has 3 amide bonds. The summed E-state index contributed by atoms with van der Waals surface area (Å²) < 4.78 is 39.8. The number of urea groups is 1. The first-order chi connectivity index (χ1) is 14.2. The van der Waals surface area contributed by atoms with Gasteiger partial charge in [-0.3, -0.25) is 9.69 Å². The number of carbonyl (C=O) groups excluding carboxylic acids is 2. The number of benzene rings is 3. The predicted octanol–water partition coefficient (Wildman–Crippen LogP) is 4.52. The van der Waals surface area contributed by atoms with Gasteiger partial charge >= 0.3 is 12.2 Å². The summed E-state index contributed by atoms with van der Waals surface area (Å²) in [7, 11) is 0. The highest BCUT2D eigenvalue weighted by atomic mass is 19.4. The summed E-state index contributed by atoms with van der Waals surface area (Å²) in [5, 5.41) is 11.5. The first-order valence-corrected chi connectivity index (χ1v) is 8.93. The van der Waals surface area contributed by atoms with Crippen LogP contribution in [0.3, 0.4) is 0 Å². The molecule has 0 saturated carbocycles. The fourth-order valence-electron chi connectivity index (χ4n) is 3.42. The fraction of sp³-hybridized carbons (Fsp3) is 0.0909. The van der Waals surface area contributed by atoms with Gasteiger partial charge in [0.25, 0.3) is 11.6 Å². The molecule has 0 aliphatic carbocycles. The summed E-state index contributed by atoms with van der Waals surface area (Å²) in [4.78, 5) is 28.1. The smallest absolute Gasteiger partial charge is 0.359 e. The van der Waals surface area contributed by atoms with Gasteiger partial charge in [0.1, 0.15) is 0 Å². The SMILES string of the molecule is O=C1N(c2ccccc2)C(=O)C(O)(c2cccc(C(F)(F)F)c2)N1c1ccccc1. The molecule has 152 valence electrons. The molecule has 1 aliphatic heterocycles. The van der Waals surface area contributed by atoms with Crippen LogP contribution < -0.4 is 9.80 Å². The van der Waals surface area contributed by atoms with Crippen LogP contribution in [0.4, 0.5) is 29.3 Å². The molecule has 30 heavy (non-hydrogen) atoms. The summed E-state index contributed by atoms with van der Waals surface area (Å²) in [5.41, 5.74) is -3.71. The second-order valence-corrected chi connectivity index (χ2v) is 6.68. The van der Waals surface area contributed by atoms with E-state index in [0.717, 1.165) is 21.9 Å². The van der Waals surface area contributed by atoms with Gasteiger partial charge in [0.05, 0.1) is 11.3 Å². The average molecular weight is 412 g/mol. The predicted molar refractivity (Wildman–Crippen MR) is 104 cm³/mol. The monoisotopic (exact) mass is 412 g/mol. The summed E-state index contributed by atoms with van der Waals surface area (Å²) in [6.07, 6.45) is -4.69. The van der Waals surface area contributed by atoms with Gasteiger partial charge in [0, 0.05) is 11.3 Å². The number of hydrogen-bond donors (Lipinski definition) is 1. The molecule has 0 bridgehead atoms. The van der Waals surface area contributed by atoms with Crippen LogP contribution in [0.15, 0.2) is 84.9 Å². The Kier molecular flexibility index (Phi) is 4.58. The third kappa shape index (κ3) is 3.02. The van der Waals surface area contributed by atoms with Crippen molar-refractivity contribution < 1.29 is 27.9 Å². The Labute approximate surface area is 169 Å². The van der Waals surface area contributed by atoms with Crippen LogP contribution in [0.1, 0.15) is 11.1 Å². The number of halogens is 3. The number of amides is 3. The highest BCUT2D eigenvalue weighted by Gasteiger charge is 2.59. The lowest BCUT2D eigenvalue weighted by Crippen LogP contribution is -2.47. The minimum atomic E-state index is -4.69. The lowest BCUT2D eigenvalue weighted by atomic mass is 9.98. The topological polar surface area (TPSA) is 60.9 Å². The molecule has 4 rings (SSSR count). The van der Waals surface area contributed by atoms with Crippen molar-refractivity contribution in [3.63, 3.8) is 0 Å². The van der Waals surface area contributed by atoms with Crippen molar-refractivity contribution in [1.29, 1.82) is 0 Å². The molecule has 1 heterocycles. The second-order valence-electron chi connectivity index (χ2n) is 6.68. The van der Waals surface area contributed by atoms with E-state index in [2.05, 4.69) is 0 Å². The van der Waals surface area contributed by atoms with Crippen LogP contribution in [-0.4, -0.2) is 17.0 Å². The number of imide groups is 1. The number of rotatable bonds is 3. The van der Waals surface area contributed by atoms with Crippen molar-refractivity contribution in [3.05, 3.63) is 96.1 Å². The largest absolute Gasteiger partial charge is 0.416 e. The molecule has 0 spiro atoms. The van der Waals surface area contributed by atoms with E-state index in [4.69, 9.17) is 0 Å². The summed E-state index contributed by atoms with van der Waals surface area (Å²) in [5.74, 6) is -1.07. The van der Waals surface area contributed by atoms with E-state index in [9.17, 15) is 27.9 Å². The zero-order valence-corrected chi connectivity index (χ0v) is 15.4. The van der Waals surface area contributed by atoms with E-state index in [-0.39, 0.29) is 16.9 Å². The number of nitrogens with zero attached hydrogens (tertiary/aromatic N) is 2. The van der Waals surface area contributed by atoms with E-state index in [1.54, 1.807) is 36.4 Å². The van der Waals surface area contributed by atoms with Crippen LogP contribution in [0.2, 0.25) is 0 Å². The van der Waals surface area contributed by atoms with Crippen LogP contribution in [0, 0.1) is 0 Å². The molecule has 1 aliphatic rings. The van der Waals surface area contributed by atoms with Gasteiger partial charge in [-0.15, -0.1) is 0 Å². The molecule has 5 nitrogen and oxygen atoms in total. The van der Waals surface area contributed by atoms with Gasteiger partial charge in [0.2, 0.25) is 0 Å². The quantitative estimate of drug-likeness (QED) is 0.644. The zero-order chi connectivity index (χ0) is 21.5. The Bertz CT molecular complexity index is 1100. The van der Waals surface area contributed by atoms with Crippen molar-refractivity contribution in [2.24, 2.45) is 0 Å². The Balaban J connectivity index is 1.93. The summed E-state index contributed by atoms with van der Waals surface area (Å²) in [6.45, 7) is 0. The number of alkyl halides is 3. The standard InChI is InChI=1S/C22H15F3N2O3/c23-22(24,25)16-9-7-8-15(14-16)21(30)19(28)26(17-10-3-1-4-11-17)20(29)27(21)18-12-5-2-6-13-18/h1-14,30H. The van der Waals surface area contributed by atoms with Gasteiger partial charge in [-0.2, -0.15) is 13.2 Å². The molecule has 1 fully saturated rings. The molecule has 1 unspecified atom stereocenters. The lowest BCUT2D eigenvalue weighted by molar-refractivity contribution is -0.139. The third-order valence-electron chi connectivity index (χ3n) is 4.83. The number of para-hydroxylation sites is 2. The van der Waals surface area contributed by atoms with E-state index < -0.39 is 29.4 Å². The second kappa shape index (κ2) is 7.00. The fourth-order valence-corrected chi connectivity index (χ4v) is 3.42. The number of carbonyl (C=O) groups is 2. The van der Waals surface area contributed by atoms with Crippen LogP contribution >= 0.6 is 0 Å². The average Bonchev–Trinajstić information content (AvgIpc) is 2.95. The van der Waals surface area contributed by atoms with Crippen molar-refractivity contribution in [1.82, 2.24) is 0 Å². The molecule has 3 aromatic carbocycles. The zero-order valence-electron chi connectivity index (χ0n) is 15.4. The van der Waals surface area contributed by atoms with Gasteiger partial charge in [-0.1, -0.05) is 48.5 Å². The maximum atomic E-state index is 13.3. The molecule has 1 atom stereocenters. The normalized spacial score (nSPS) is 19.5. The first kappa shape index (κ1) is 19.7. The Morgan fingerprint density at radius 2 is 1.33 bits per heavy atom. The molecule has 1 N–H and O–H groups in total. The molecular formula is C22H15F3N2O3. The third-order valence-corrected chi connectivity index (χ3v) is 4.83. The Morgan fingerprint density at radius 3 is 1.90 bits per heavy atom. The molecular weight excluding hydrogens is 397 g/mol. The molecule has 1 saturated heterocycles.